The average molecular weight is 540 g/mol. The number of carbonyl (C=O) groups excluding carboxylic acids is 4. The molecule has 0 unspecified atom stereocenters. The van der Waals surface area contributed by atoms with Crippen molar-refractivity contribution in [3.8, 4) is 0 Å². The van der Waals surface area contributed by atoms with E-state index in [2.05, 4.69) is 0 Å². The van der Waals surface area contributed by atoms with Crippen molar-refractivity contribution in [2.24, 2.45) is 5.92 Å². The van der Waals surface area contributed by atoms with Gasteiger partial charge in [0.15, 0.2) is 5.78 Å². The van der Waals surface area contributed by atoms with Gasteiger partial charge >= 0.3 is 5.97 Å². The molecule has 8 nitrogen and oxygen atoms in total. The summed E-state index contributed by atoms with van der Waals surface area (Å²) < 4.78 is 21.4. The summed E-state index contributed by atoms with van der Waals surface area (Å²) in [6.07, 6.45) is 2.86. The predicted octanol–water partition coefficient (Wildman–Crippen LogP) is 4.12. The molecule has 3 aromatic rings. The molecule has 1 saturated carbocycles. The molecular formula is C28H27ClFN3O5. The van der Waals surface area contributed by atoms with Crippen molar-refractivity contribution in [2.75, 3.05) is 7.11 Å². The first-order valence-corrected chi connectivity index (χ1v) is 12.8. The molecule has 38 heavy (non-hydrogen) atoms. The summed E-state index contributed by atoms with van der Waals surface area (Å²) in [5, 5.41) is 1.26. The minimum Gasteiger partial charge on any atom is -0.469 e. The maximum absolute atomic E-state index is 15.0. The lowest BCUT2D eigenvalue weighted by atomic mass is 10.1. The third kappa shape index (κ3) is 5.03. The van der Waals surface area contributed by atoms with E-state index < -0.39 is 17.9 Å². The van der Waals surface area contributed by atoms with Crippen molar-refractivity contribution in [1.29, 1.82) is 0 Å². The Balaban J connectivity index is 1.38. The van der Waals surface area contributed by atoms with Gasteiger partial charge in [0.05, 0.1) is 20.1 Å². The number of fused-ring (bicyclic) bond motifs is 2. The van der Waals surface area contributed by atoms with Gasteiger partial charge in [-0.05, 0) is 55.0 Å². The number of hydrogen-bond donors (Lipinski definition) is 0. The fraction of sp³-hybridized carbons (Fsp3) is 0.357. The average Bonchev–Trinajstić information content (AvgIpc) is 3.39. The number of methoxy groups -OCH3 is 1. The number of carbonyl (C=O) groups is 4. The number of esters is 1. The highest BCUT2D eigenvalue weighted by Crippen LogP contribution is 2.48. The van der Waals surface area contributed by atoms with Crippen LogP contribution in [0.2, 0.25) is 5.02 Å². The normalized spacial score (nSPS) is 19.8. The lowest BCUT2D eigenvalue weighted by molar-refractivity contribution is -0.157. The first kappa shape index (κ1) is 25.9. The topological polar surface area (TPSA) is 88.9 Å². The molecule has 10 heteroatoms. The molecule has 5 rings (SSSR count). The zero-order valence-electron chi connectivity index (χ0n) is 21.0. The SMILES string of the molecule is COC(=O)Cc1ccc2c(C(C)=O)cn(CC(=O)N3[C@@H]4C[C@@H]4C[C@H]3C(=O)N(F)Cc3cccc(Cl)c3)c2c1. The quantitative estimate of drug-likeness (QED) is 0.244. The van der Waals surface area contributed by atoms with E-state index in [4.69, 9.17) is 16.3 Å². The Bertz CT molecular complexity index is 1450. The van der Waals surface area contributed by atoms with E-state index in [0.29, 0.717) is 39.0 Å². The third-order valence-corrected chi connectivity index (χ3v) is 7.57. The van der Waals surface area contributed by atoms with Crippen LogP contribution in [0, 0.1) is 5.92 Å². The molecule has 2 aliphatic rings. The van der Waals surface area contributed by atoms with Gasteiger partial charge in [-0.1, -0.05) is 40.3 Å². The molecule has 0 spiro atoms. The number of amides is 2. The zero-order chi connectivity index (χ0) is 27.1. The van der Waals surface area contributed by atoms with Gasteiger partial charge in [-0.3, -0.25) is 19.2 Å². The van der Waals surface area contributed by atoms with Gasteiger partial charge in [0.1, 0.15) is 12.6 Å². The fourth-order valence-corrected chi connectivity index (χ4v) is 5.61. The lowest BCUT2D eigenvalue weighted by Gasteiger charge is -2.28. The standard InChI is InChI=1S/C28H27ClFN3O5/c1-16(34)22-14-31(24-9-17(6-7-21(22)24)10-27(36)38-2)15-26(35)33-23-11-19(23)12-25(33)28(37)32(30)13-18-4-3-5-20(29)8-18/h3-9,14,19,23,25H,10-13,15H2,1-2H3/t19-,23-,25+/m1/s1. The van der Waals surface area contributed by atoms with Crippen molar-refractivity contribution >= 4 is 46.1 Å². The highest BCUT2D eigenvalue weighted by molar-refractivity contribution is 6.30. The molecule has 198 valence electrons. The number of piperidine rings is 1. The Morgan fingerprint density at radius 2 is 1.89 bits per heavy atom. The highest BCUT2D eigenvalue weighted by atomic mass is 35.5. The van der Waals surface area contributed by atoms with Crippen LogP contribution in [0.25, 0.3) is 10.9 Å². The third-order valence-electron chi connectivity index (χ3n) is 7.33. The van der Waals surface area contributed by atoms with E-state index in [1.807, 2.05) is 0 Å². The van der Waals surface area contributed by atoms with Gasteiger partial charge in [0.2, 0.25) is 5.91 Å². The molecule has 0 bridgehead atoms. The fourth-order valence-electron chi connectivity index (χ4n) is 5.40. The Hall–Kier alpha value is -3.72. The molecule has 0 radical (unpaired) electrons. The maximum atomic E-state index is 15.0. The summed E-state index contributed by atoms with van der Waals surface area (Å²) >= 11 is 5.98. The Labute approximate surface area is 223 Å². The zero-order valence-corrected chi connectivity index (χ0v) is 21.8. The summed E-state index contributed by atoms with van der Waals surface area (Å²) in [5.74, 6) is -1.47. The monoisotopic (exact) mass is 539 g/mol. The van der Waals surface area contributed by atoms with Crippen molar-refractivity contribution in [3.05, 3.63) is 70.4 Å². The summed E-state index contributed by atoms with van der Waals surface area (Å²) in [7, 11) is 1.31. The molecule has 3 atom stereocenters. The van der Waals surface area contributed by atoms with Crippen LogP contribution in [0.4, 0.5) is 4.48 Å². The van der Waals surface area contributed by atoms with E-state index in [1.54, 1.807) is 53.2 Å². The first-order chi connectivity index (χ1) is 18.2. The van der Waals surface area contributed by atoms with Crippen LogP contribution in [0.3, 0.4) is 0 Å². The smallest absolute Gasteiger partial charge is 0.309 e. The van der Waals surface area contributed by atoms with Gasteiger partial charge in [0.25, 0.3) is 5.91 Å². The number of Topliss-reactive ketones (excluding diaryl/α,β-unsaturated/α-hetero) is 1. The molecule has 2 amide bonds. The highest BCUT2D eigenvalue weighted by Gasteiger charge is 2.56. The number of benzene rings is 2. The van der Waals surface area contributed by atoms with Crippen molar-refractivity contribution in [3.63, 3.8) is 0 Å². The van der Waals surface area contributed by atoms with Crippen LogP contribution >= 0.6 is 11.6 Å². The second kappa shape index (κ2) is 10.2. The van der Waals surface area contributed by atoms with E-state index in [0.717, 1.165) is 6.42 Å². The Kier molecular flexibility index (Phi) is 6.96. The predicted molar refractivity (Wildman–Crippen MR) is 138 cm³/mol. The van der Waals surface area contributed by atoms with E-state index in [1.165, 1.54) is 18.9 Å². The summed E-state index contributed by atoms with van der Waals surface area (Å²) in [6.45, 7) is 1.06. The van der Waals surface area contributed by atoms with Crippen LogP contribution in [0.15, 0.2) is 48.7 Å². The van der Waals surface area contributed by atoms with Crippen molar-refractivity contribution in [1.82, 2.24) is 14.6 Å². The Morgan fingerprint density at radius 1 is 1.11 bits per heavy atom. The van der Waals surface area contributed by atoms with Crippen LogP contribution in [-0.4, -0.2) is 57.3 Å². The van der Waals surface area contributed by atoms with Gasteiger partial charge in [-0.2, -0.15) is 5.12 Å². The largest absolute Gasteiger partial charge is 0.469 e. The summed E-state index contributed by atoms with van der Waals surface area (Å²) in [6, 6.07) is 10.9. The molecule has 2 heterocycles. The van der Waals surface area contributed by atoms with E-state index in [-0.39, 0.29) is 48.3 Å². The number of hydrogen-bond acceptors (Lipinski definition) is 5. The minimum atomic E-state index is -0.889. The van der Waals surface area contributed by atoms with Crippen molar-refractivity contribution < 1.29 is 28.4 Å². The number of aromatic nitrogens is 1. The number of rotatable bonds is 8. The van der Waals surface area contributed by atoms with E-state index >= 15 is 0 Å². The van der Waals surface area contributed by atoms with Crippen LogP contribution in [0.1, 0.15) is 41.3 Å². The van der Waals surface area contributed by atoms with Gasteiger partial charge in [-0.15, -0.1) is 0 Å². The van der Waals surface area contributed by atoms with Crippen LogP contribution in [0.5, 0.6) is 0 Å². The lowest BCUT2D eigenvalue weighted by Crippen LogP contribution is -2.48. The second-order valence-corrected chi connectivity index (χ2v) is 10.4. The number of likely N-dealkylation sites (tertiary alicyclic amines) is 1. The van der Waals surface area contributed by atoms with E-state index in [9.17, 15) is 23.7 Å². The number of ketones is 1. The molecular weight excluding hydrogens is 513 g/mol. The molecule has 1 aromatic heterocycles. The molecule has 1 saturated heterocycles. The van der Waals surface area contributed by atoms with Gasteiger partial charge < -0.3 is 14.2 Å². The van der Waals surface area contributed by atoms with Gasteiger partial charge in [0, 0.05) is 33.7 Å². The number of nitrogens with zero attached hydrogens (tertiary/aromatic N) is 3. The molecule has 1 aliphatic heterocycles. The summed E-state index contributed by atoms with van der Waals surface area (Å²) in [5.41, 5.74) is 2.30. The Morgan fingerprint density at radius 3 is 2.61 bits per heavy atom. The van der Waals surface area contributed by atoms with Crippen LogP contribution < -0.4 is 0 Å². The minimum absolute atomic E-state index is 0.0480. The second-order valence-electron chi connectivity index (χ2n) is 9.94. The van der Waals surface area contributed by atoms with Gasteiger partial charge in [-0.25, -0.2) is 0 Å². The maximum Gasteiger partial charge on any atom is 0.309 e. The molecule has 0 N–H and O–H groups in total. The molecule has 2 fully saturated rings. The number of halogens is 2. The molecule has 2 aromatic carbocycles. The van der Waals surface area contributed by atoms with Crippen LogP contribution in [-0.2, 0) is 38.6 Å². The summed E-state index contributed by atoms with van der Waals surface area (Å²) in [4.78, 5) is 52.2. The van der Waals surface area contributed by atoms with Crippen molar-refractivity contribution in [2.45, 2.75) is 51.4 Å². The molecule has 1 aliphatic carbocycles. The first-order valence-electron chi connectivity index (χ1n) is 12.4. The number of ether oxygens (including phenoxy) is 1.